The monoisotopic (exact) mass is 458 g/mol. The second-order valence-corrected chi connectivity index (χ2v) is 7.87. The Morgan fingerprint density at radius 1 is 0.909 bits per heavy atom. The van der Waals surface area contributed by atoms with Crippen LogP contribution in [0.2, 0.25) is 5.02 Å². The van der Waals surface area contributed by atoms with Crippen LogP contribution in [-0.2, 0) is 4.79 Å². The zero-order valence-electron chi connectivity index (χ0n) is 17.9. The van der Waals surface area contributed by atoms with E-state index in [2.05, 4.69) is 26.1 Å². The van der Waals surface area contributed by atoms with Crippen LogP contribution < -0.4 is 21.9 Å². The molecule has 3 aromatic carbocycles. The van der Waals surface area contributed by atoms with E-state index in [1.807, 2.05) is 79.7 Å². The van der Waals surface area contributed by atoms with Crippen LogP contribution in [0.4, 0.5) is 23.0 Å². The summed E-state index contributed by atoms with van der Waals surface area (Å²) in [5, 5.41) is 3.76. The van der Waals surface area contributed by atoms with Gasteiger partial charge < -0.3 is 11.1 Å². The standard InChI is InChI=1S/C25H23ClN6O/c1-16-12-13-19(26)14-20(16)30-23-22(27)24(29-15-28-23)31-32-25(33)21(17-8-4-2-5-9-17)18-10-6-3-7-11-18/h2-15,21H,27H2,1H3,(H,32,33)(H2,28,29,30,31). The van der Waals surface area contributed by atoms with Gasteiger partial charge in [-0.05, 0) is 35.7 Å². The molecule has 1 amide bonds. The number of hydrogen-bond donors (Lipinski definition) is 4. The molecule has 0 spiro atoms. The SMILES string of the molecule is Cc1ccc(Cl)cc1Nc1ncnc(NNC(=O)C(c2ccccc2)c2ccccc2)c1N. The molecule has 0 aliphatic carbocycles. The Morgan fingerprint density at radius 3 is 2.15 bits per heavy atom. The third kappa shape index (κ3) is 5.22. The van der Waals surface area contributed by atoms with Crippen molar-refractivity contribution in [1.82, 2.24) is 15.4 Å². The molecule has 1 heterocycles. The van der Waals surface area contributed by atoms with Crippen LogP contribution in [0.25, 0.3) is 0 Å². The molecule has 0 unspecified atom stereocenters. The van der Waals surface area contributed by atoms with Crippen LogP contribution in [0, 0.1) is 6.92 Å². The number of nitrogens with two attached hydrogens (primary N) is 1. The van der Waals surface area contributed by atoms with Gasteiger partial charge in [0.1, 0.15) is 12.0 Å². The van der Waals surface area contributed by atoms with Crippen molar-refractivity contribution in [2.75, 3.05) is 16.5 Å². The fourth-order valence-electron chi connectivity index (χ4n) is 3.43. The van der Waals surface area contributed by atoms with Crippen molar-refractivity contribution in [3.8, 4) is 0 Å². The minimum atomic E-state index is -0.505. The molecule has 0 atom stereocenters. The van der Waals surface area contributed by atoms with E-state index < -0.39 is 5.92 Å². The van der Waals surface area contributed by atoms with Gasteiger partial charge >= 0.3 is 0 Å². The fourth-order valence-corrected chi connectivity index (χ4v) is 3.60. The number of carbonyl (C=O) groups excluding carboxylic acids is 1. The van der Waals surface area contributed by atoms with E-state index in [9.17, 15) is 4.79 Å². The van der Waals surface area contributed by atoms with Crippen LogP contribution in [0.15, 0.2) is 85.2 Å². The van der Waals surface area contributed by atoms with Gasteiger partial charge in [-0.2, -0.15) is 0 Å². The first kappa shape index (κ1) is 22.1. The lowest BCUT2D eigenvalue weighted by molar-refractivity contribution is -0.121. The van der Waals surface area contributed by atoms with Crippen molar-refractivity contribution in [3.63, 3.8) is 0 Å². The molecule has 8 heteroatoms. The lowest BCUT2D eigenvalue weighted by Crippen LogP contribution is -2.35. The van der Waals surface area contributed by atoms with E-state index in [1.165, 1.54) is 6.33 Å². The summed E-state index contributed by atoms with van der Waals surface area (Å²) < 4.78 is 0. The number of hydrazine groups is 1. The molecule has 33 heavy (non-hydrogen) atoms. The normalized spacial score (nSPS) is 10.6. The van der Waals surface area contributed by atoms with E-state index in [-0.39, 0.29) is 17.4 Å². The maximum Gasteiger partial charge on any atom is 0.250 e. The van der Waals surface area contributed by atoms with Gasteiger partial charge in [0.05, 0.1) is 5.92 Å². The number of halogens is 1. The van der Waals surface area contributed by atoms with Crippen molar-refractivity contribution < 1.29 is 4.79 Å². The summed E-state index contributed by atoms with van der Waals surface area (Å²) in [5.74, 6) is -0.0736. The number of nitrogens with zero attached hydrogens (tertiary/aromatic N) is 2. The smallest absolute Gasteiger partial charge is 0.250 e. The third-order valence-corrected chi connectivity index (χ3v) is 5.40. The molecule has 7 nitrogen and oxygen atoms in total. The number of nitrogen functional groups attached to an aromatic ring is 1. The molecule has 5 N–H and O–H groups in total. The first-order valence-corrected chi connectivity index (χ1v) is 10.7. The van der Waals surface area contributed by atoms with E-state index in [1.54, 1.807) is 6.07 Å². The molecule has 0 saturated carbocycles. The van der Waals surface area contributed by atoms with Crippen molar-refractivity contribution in [3.05, 3.63) is 107 Å². The topological polar surface area (TPSA) is 105 Å². The van der Waals surface area contributed by atoms with Gasteiger partial charge in [-0.3, -0.25) is 15.6 Å². The number of anilines is 4. The number of aryl methyl sites for hydroxylation is 1. The molecular weight excluding hydrogens is 436 g/mol. The summed E-state index contributed by atoms with van der Waals surface area (Å²) in [6, 6.07) is 24.6. The Morgan fingerprint density at radius 2 is 1.52 bits per heavy atom. The second-order valence-electron chi connectivity index (χ2n) is 7.44. The predicted molar refractivity (Wildman–Crippen MR) is 132 cm³/mol. The summed E-state index contributed by atoms with van der Waals surface area (Å²) in [7, 11) is 0. The molecule has 0 aliphatic heterocycles. The molecule has 0 saturated heterocycles. The lowest BCUT2D eigenvalue weighted by Gasteiger charge is -2.19. The van der Waals surface area contributed by atoms with Crippen molar-refractivity contribution in [2.24, 2.45) is 0 Å². The highest BCUT2D eigenvalue weighted by atomic mass is 35.5. The third-order valence-electron chi connectivity index (χ3n) is 5.17. The van der Waals surface area contributed by atoms with Crippen molar-refractivity contribution in [2.45, 2.75) is 12.8 Å². The van der Waals surface area contributed by atoms with E-state index >= 15 is 0 Å². The molecular formula is C25H23ClN6O. The first-order chi connectivity index (χ1) is 16.0. The Hall–Kier alpha value is -4.10. The van der Waals surface area contributed by atoms with E-state index in [0.29, 0.717) is 10.8 Å². The maximum absolute atomic E-state index is 13.2. The Balaban J connectivity index is 1.54. The zero-order chi connectivity index (χ0) is 23.2. The number of aromatic nitrogens is 2. The van der Waals surface area contributed by atoms with Crippen LogP contribution >= 0.6 is 11.6 Å². The van der Waals surface area contributed by atoms with Crippen LogP contribution in [0.5, 0.6) is 0 Å². The van der Waals surface area contributed by atoms with E-state index in [0.717, 1.165) is 22.4 Å². The molecule has 1 aromatic heterocycles. The Bertz CT molecular complexity index is 1210. The number of carbonyl (C=O) groups is 1. The summed E-state index contributed by atoms with van der Waals surface area (Å²) in [6.45, 7) is 1.95. The Labute approximate surface area is 197 Å². The highest BCUT2D eigenvalue weighted by Crippen LogP contribution is 2.29. The number of amides is 1. The minimum absolute atomic E-state index is 0.245. The molecule has 4 aromatic rings. The first-order valence-electron chi connectivity index (χ1n) is 10.3. The molecule has 4 rings (SSSR count). The number of benzene rings is 3. The highest BCUT2D eigenvalue weighted by Gasteiger charge is 2.23. The van der Waals surface area contributed by atoms with E-state index in [4.69, 9.17) is 17.3 Å². The maximum atomic E-state index is 13.2. The summed E-state index contributed by atoms with van der Waals surface area (Å²) in [6.07, 6.45) is 1.36. The molecule has 0 radical (unpaired) electrons. The van der Waals surface area contributed by atoms with Crippen LogP contribution in [0.1, 0.15) is 22.6 Å². The predicted octanol–water partition coefficient (Wildman–Crippen LogP) is 5.04. The molecule has 0 fully saturated rings. The zero-order valence-corrected chi connectivity index (χ0v) is 18.7. The van der Waals surface area contributed by atoms with Crippen molar-refractivity contribution >= 4 is 40.5 Å². The van der Waals surface area contributed by atoms with Gasteiger partial charge in [-0.25, -0.2) is 9.97 Å². The van der Waals surface area contributed by atoms with Gasteiger partial charge in [0.2, 0.25) is 5.91 Å². The minimum Gasteiger partial charge on any atom is -0.393 e. The average Bonchev–Trinajstić information content (AvgIpc) is 2.83. The van der Waals surface area contributed by atoms with Gasteiger partial charge in [-0.15, -0.1) is 0 Å². The number of hydrogen-bond acceptors (Lipinski definition) is 6. The van der Waals surface area contributed by atoms with Gasteiger partial charge in [0, 0.05) is 10.7 Å². The quantitative estimate of drug-likeness (QED) is 0.289. The van der Waals surface area contributed by atoms with Gasteiger partial charge in [0.15, 0.2) is 11.6 Å². The van der Waals surface area contributed by atoms with Crippen LogP contribution in [-0.4, -0.2) is 15.9 Å². The van der Waals surface area contributed by atoms with Gasteiger partial charge in [0.25, 0.3) is 0 Å². The Kier molecular flexibility index (Phi) is 6.71. The number of rotatable bonds is 7. The summed E-state index contributed by atoms with van der Waals surface area (Å²) in [4.78, 5) is 21.6. The van der Waals surface area contributed by atoms with Gasteiger partial charge in [-0.1, -0.05) is 78.3 Å². The number of nitrogens with one attached hydrogen (secondary N) is 3. The summed E-state index contributed by atoms with van der Waals surface area (Å²) >= 11 is 6.11. The fraction of sp³-hybridized carbons (Fsp3) is 0.0800. The van der Waals surface area contributed by atoms with Crippen molar-refractivity contribution in [1.29, 1.82) is 0 Å². The largest absolute Gasteiger partial charge is 0.393 e. The second kappa shape index (κ2) is 10.0. The van der Waals surface area contributed by atoms with Crippen LogP contribution in [0.3, 0.4) is 0 Å². The molecule has 166 valence electrons. The summed E-state index contributed by atoms with van der Waals surface area (Å²) in [5.41, 5.74) is 15.6. The lowest BCUT2D eigenvalue weighted by atomic mass is 9.91. The molecule has 0 aliphatic rings. The highest BCUT2D eigenvalue weighted by molar-refractivity contribution is 6.30. The average molecular weight is 459 g/mol. The molecule has 0 bridgehead atoms.